The van der Waals surface area contributed by atoms with Crippen molar-refractivity contribution in [3.63, 3.8) is 0 Å². The molecule has 24 heavy (non-hydrogen) atoms. The number of carbonyl (C=O) groups is 1. The van der Waals surface area contributed by atoms with Crippen LogP contribution in [0.1, 0.15) is 34.8 Å². The normalized spacial score (nSPS) is 17.9. The van der Waals surface area contributed by atoms with E-state index in [1.54, 1.807) is 0 Å². The number of hydrogen-bond donors (Lipinski definition) is 0. The standard InChI is InChI=1S/C18H19BrN4O/c19-15-4-2-1-3-14(15)18(24)23-11-9-22(10-12-23)17-8-7-16(20-21-17)13-5-6-13/h1-4,7-8,13H,5-6,9-12H2. The van der Waals surface area contributed by atoms with Crippen LogP contribution in [0.5, 0.6) is 0 Å². The highest BCUT2D eigenvalue weighted by atomic mass is 79.9. The molecule has 1 amide bonds. The number of halogens is 1. The molecule has 1 aromatic carbocycles. The maximum absolute atomic E-state index is 12.6. The highest BCUT2D eigenvalue weighted by Crippen LogP contribution is 2.38. The van der Waals surface area contributed by atoms with Crippen LogP contribution in [0.15, 0.2) is 40.9 Å². The second kappa shape index (κ2) is 6.51. The van der Waals surface area contributed by atoms with Crippen molar-refractivity contribution in [2.45, 2.75) is 18.8 Å². The van der Waals surface area contributed by atoms with Gasteiger partial charge < -0.3 is 9.80 Å². The Hall–Kier alpha value is -1.95. The van der Waals surface area contributed by atoms with Crippen LogP contribution in [-0.2, 0) is 0 Å². The summed E-state index contributed by atoms with van der Waals surface area (Å²) in [7, 11) is 0. The van der Waals surface area contributed by atoms with Gasteiger partial charge in [-0.2, -0.15) is 5.10 Å². The molecule has 1 saturated carbocycles. The Morgan fingerprint density at radius 2 is 1.75 bits per heavy atom. The third-order valence-corrected chi connectivity index (χ3v) is 5.35. The molecule has 2 aliphatic rings. The van der Waals surface area contributed by atoms with Gasteiger partial charge in [-0.15, -0.1) is 5.10 Å². The van der Waals surface area contributed by atoms with Crippen molar-refractivity contribution in [2.75, 3.05) is 31.1 Å². The van der Waals surface area contributed by atoms with Gasteiger partial charge in [-0.3, -0.25) is 4.79 Å². The quantitative estimate of drug-likeness (QED) is 0.812. The molecule has 6 heteroatoms. The van der Waals surface area contributed by atoms with Crippen LogP contribution in [0, 0.1) is 0 Å². The fourth-order valence-electron chi connectivity index (χ4n) is 3.04. The predicted molar refractivity (Wildman–Crippen MR) is 96.3 cm³/mol. The largest absolute Gasteiger partial charge is 0.352 e. The lowest BCUT2D eigenvalue weighted by Crippen LogP contribution is -2.49. The second-order valence-corrected chi connectivity index (χ2v) is 7.20. The summed E-state index contributed by atoms with van der Waals surface area (Å²) in [6, 6.07) is 11.7. The summed E-state index contributed by atoms with van der Waals surface area (Å²) in [4.78, 5) is 16.7. The SMILES string of the molecule is O=C(c1ccccc1Br)N1CCN(c2ccc(C3CC3)nn2)CC1. The van der Waals surface area contributed by atoms with Crippen LogP contribution in [0.3, 0.4) is 0 Å². The topological polar surface area (TPSA) is 49.3 Å². The summed E-state index contributed by atoms with van der Waals surface area (Å²) in [5, 5.41) is 8.72. The fraction of sp³-hybridized carbons (Fsp3) is 0.389. The van der Waals surface area contributed by atoms with Crippen LogP contribution in [0.4, 0.5) is 5.82 Å². The first-order valence-corrected chi connectivity index (χ1v) is 9.14. The zero-order valence-electron chi connectivity index (χ0n) is 13.4. The van der Waals surface area contributed by atoms with Crippen LogP contribution in [0.2, 0.25) is 0 Å². The lowest BCUT2D eigenvalue weighted by Gasteiger charge is -2.35. The third kappa shape index (κ3) is 3.15. The Morgan fingerprint density at radius 3 is 2.38 bits per heavy atom. The molecular formula is C18H19BrN4O. The fourth-order valence-corrected chi connectivity index (χ4v) is 3.50. The van der Waals surface area contributed by atoms with Gasteiger partial charge in [0.25, 0.3) is 5.91 Å². The van der Waals surface area contributed by atoms with Crippen molar-refractivity contribution >= 4 is 27.7 Å². The summed E-state index contributed by atoms with van der Waals surface area (Å²) in [5.74, 6) is 1.62. The number of amides is 1. The zero-order valence-corrected chi connectivity index (χ0v) is 14.9. The Morgan fingerprint density at radius 1 is 1.00 bits per heavy atom. The number of rotatable bonds is 3. The third-order valence-electron chi connectivity index (χ3n) is 4.66. The van der Waals surface area contributed by atoms with Gasteiger partial charge in [0, 0.05) is 36.6 Å². The van der Waals surface area contributed by atoms with E-state index in [9.17, 15) is 4.79 Å². The zero-order chi connectivity index (χ0) is 16.5. The van der Waals surface area contributed by atoms with Crippen molar-refractivity contribution in [3.8, 4) is 0 Å². The second-order valence-electron chi connectivity index (χ2n) is 6.35. The molecule has 0 N–H and O–H groups in total. The van der Waals surface area contributed by atoms with Gasteiger partial charge in [0.1, 0.15) is 0 Å². The summed E-state index contributed by atoms with van der Waals surface area (Å²) in [5.41, 5.74) is 1.83. The van der Waals surface area contributed by atoms with E-state index in [0.29, 0.717) is 19.0 Å². The molecule has 2 fully saturated rings. The van der Waals surface area contributed by atoms with Gasteiger partial charge in [-0.1, -0.05) is 12.1 Å². The molecule has 1 aliphatic heterocycles. The molecule has 1 saturated heterocycles. The summed E-state index contributed by atoms with van der Waals surface area (Å²) in [6.07, 6.45) is 2.48. The molecule has 1 aliphatic carbocycles. The van der Waals surface area contributed by atoms with E-state index in [1.165, 1.54) is 12.8 Å². The van der Waals surface area contributed by atoms with Crippen LogP contribution in [-0.4, -0.2) is 47.2 Å². The van der Waals surface area contributed by atoms with Crippen molar-refractivity contribution in [1.82, 2.24) is 15.1 Å². The van der Waals surface area contributed by atoms with Crippen molar-refractivity contribution in [1.29, 1.82) is 0 Å². The molecular weight excluding hydrogens is 368 g/mol. The molecule has 4 rings (SSSR count). The van der Waals surface area contributed by atoms with Gasteiger partial charge in [-0.05, 0) is 53.0 Å². The number of benzene rings is 1. The predicted octanol–water partition coefficient (Wildman–Crippen LogP) is 3.08. The number of carbonyl (C=O) groups excluding carboxylic acids is 1. The van der Waals surface area contributed by atoms with Crippen molar-refractivity contribution in [2.24, 2.45) is 0 Å². The molecule has 0 bridgehead atoms. The lowest BCUT2D eigenvalue weighted by molar-refractivity contribution is 0.0745. The van der Waals surface area contributed by atoms with E-state index < -0.39 is 0 Å². The van der Waals surface area contributed by atoms with E-state index in [2.05, 4.69) is 43.2 Å². The minimum atomic E-state index is 0.0808. The number of piperazine rings is 1. The van der Waals surface area contributed by atoms with Crippen LogP contribution in [0.25, 0.3) is 0 Å². The van der Waals surface area contributed by atoms with Crippen molar-refractivity contribution in [3.05, 3.63) is 52.1 Å². The Bertz CT molecular complexity index is 737. The highest BCUT2D eigenvalue weighted by molar-refractivity contribution is 9.10. The van der Waals surface area contributed by atoms with E-state index in [1.807, 2.05) is 29.2 Å². The molecule has 0 spiro atoms. The number of nitrogens with zero attached hydrogens (tertiary/aromatic N) is 4. The number of anilines is 1. The van der Waals surface area contributed by atoms with Gasteiger partial charge >= 0.3 is 0 Å². The molecule has 124 valence electrons. The molecule has 0 radical (unpaired) electrons. The molecule has 1 aromatic heterocycles. The first kappa shape index (κ1) is 15.6. The molecule has 0 unspecified atom stereocenters. The molecule has 5 nitrogen and oxygen atoms in total. The minimum Gasteiger partial charge on any atom is -0.352 e. The van der Waals surface area contributed by atoms with Gasteiger partial charge in [0.2, 0.25) is 0 Å². The number of hydrogen-bond acceptors (Lipinski definition) is 4. The van der Waals surface area contributed by atoms with Gasteiger partial charge in [-0.25, -0.2) is 0 Å². The Kier molecular flexibility index (Phi) is 4.22. The Labute approximate surface area is 149 Å². The van der Waals surface area contributed by atoms with E-state index in [4.69, 9.17) is 0 Å². The molecule has 2 heterocycles. The summed E-state index contributed by atoms with van der Waals surface area (Å²) >= 11 is 3.46. The smallest absolute Gasteiger partial charge is 0.255 e. The average Bonchev–Trinajstić information content (AvgIpc) is 3.47. The minimum absolute atomic E-state index is 0.0808. The van der Waals surface area contributed by atoms with Gasteiger partial charge in [0.05, 0.1) is 11.3 Å². The average molecular weight is 387 g/mol. The monoisotopic (exact) mass is 386 g/mol. The van der Waals surface area contributed by atoms with Gasteiger partial charge in [0.15, 0.2) is 5.82 Å². The first-order chi connectivity index (χ1) is 11.7. The van der Waals surface area contributed by atoms with Crippen molar-refractivity contribution < 1.29 is 4.79 Å². The van der Waals surface area contributed by atoms with Crippen LogP contribution >= 0.6 is 15.9 Å². The summed E-state index contributed by atoms with van der Waals surface area (Å²) in [6.45, 7) is 2.97. The maximum Gasteiger partial charge on any atom is 0.255 e. The first-order valence-electron chi connectivity index (χ1n) is 8.35. The number of aromatic nitrogens is 2. The van der Waals surface area contributed by atoms with E-state index in [-0.39, 0.29) is 5.91 Å². The lowest BCUT2D eigenvalue weighted by atomic mass is 10.2. The molecule has 0 atom stereocenters. The molecule has 2 aromatic rings. The highest BCUT2D eigenvalue weighted by Gasteiger charge is 2.27. The summed E-state index contributed by atoms with van der Waals surface area (Å²) < 4.78 is 0.846. The maximum atomic E-state index is 12.6. The van der Waals surface area contributed by atoms with E-state index in [0.717, 1.165) is 34.6 Å². The Balaban J connectivity index is 1.39. The van der Waals surface area contributed by atoms with E-state index >= 15 is 0 Å². The van der Waals surface area contributed by atoms with Crippen LogP contribution < -0.4 is 4.90 Å².